The molecule has 0 unspecified atom stereocenters. The van der Waals surface area contributed by atoms with Gasteiger partial charge in [0.1, 0.15) is 5.52 Å². The van der Waals surface area contributed by atoms with Gasteiger partial charge in [-0.25, -0.2) is 0 Å². The van der Waals surface area contributed by atoms with Crippen LogP contribution < -0.4 is 16.9 Å². The van der Waals surface area contributed by atoms with Gasteiger partial charge in [-0.05, 0) is 17.2 Å². The van der Waals surface area contributed by atoms with E-state index in [2.05, 4.69) is 9.98 Å². The summed E-state index contributed by atoms with van der Waals surface area (Å²) in [5, 5.41) is 0.711. The van der Waals surface area contributed by atoms with E-state index in [-0.39, 0.29) is 18.6 Å². The summed E-state index contributed by atoms with van der Waals surface area (Å²) >= 11 is 0. The highest BCUT2D eigenvalue weighted by Crippen LogP contribution is 2.35. The first-order valence-corrected chi connectivity index (χ1v) is 11.0. The highest BCUT2D eigenvalue weighted by Gasteiger charge is 2.19. The van der Waals surface area contributed by atoms with Gasteiger partial charge < -0.3 is 24.6 Å². The summed E-state index contributed by atoms with van der Waals surface area (Å²) in [6.45, 7) is 1.19. The van der Waals surface area contributed by atoms with Crippen LogP contribution in [0.4, 0.5) is 0 Å². The van der Waals surface area contributed by atoms with Crippen LogP contribution in [-0.2, 0) is 18.8 Å². The maximum atomic E-state index is 13.0. The summed E-state index contributed by atoms with van der Waals surface area (Å²) in [5.74, 6) is 0. The van der Waals surface area contributed by atoms with E-state index >= 15 is 0 Å². The molecule has 3 N–H and O–H groups in total. The molecule has 3 aromatic heterocycles. The number of nitrogens with one attached hydrogen (secondary N) is 1. The van der Waals surface area contributed by atoms with Gasteiger partial charge in [-0.3, -0.25) is 14.6 Å². The molecule has 174 valence electrons. The highest BCUT2D eigenvalue weighted by molar-refractivity contribution is 6.11. The van der Waals surface area contributed by atoms with Crippen LogP contribution in [0.25, 0.3) is 38.7 Å². The Labute approximate surface area is 197 Å². The number of allylic oxidation sites excluding steroid dienone is 1. The van der Waals surface area contributed by atoms with Crippen molar-refractivity contribution in [2.24, 2.45) is 24.8 Å². The summed E-state index contributed by atoms with van der Waals surface area (Å²) in [5.41, 5.74) is 10.8. The van der Waals surface area contributed by atoms with Crippen molar-refractivity contribution in [1.29, 1.82) is 0 Å². The monoisotopic (exact) mass is 457 g/mol. The quantitative estimate of drug-likeness (QED) is 0.449. The fourth-order valence-corrected chi connectivity index (χ4v) is 4.10. The predicted molar refractivity (Wildman–Crippen MR) is 137 cm³/mol. The maximum absolute atomic E-state index is 13.0. The van der Waals surface area contributed by atoms with Crippen LogP contribution in [0, 0.1) is 0 Å². The lowest BCUT2D eigenvalue weighted by Crippen LogP contribution is -2.31. The molecule has 8 nitrogen and oxygen atoms in total. The van der Waals surface area contributed by atoms with Crippen LogP contribution >= 0.6 is 0 Å². The molecular formula is C26H27N5O3. The van der Waals surface area contributed by atoms with E-state index in [4.69, 9.17) is 10.5 Å². The van der Waals surface area contributed by atoms with Gasteiger partial charge in [-0.1, -0.05) is 30.3 Å². The number of H-pyrrole nitrogens is 1. The third-order valence-electron chi connectivity index (χ3n) is 6.10. The Bertz CT molecular complexity index is 1560. The van der Waals surface area contributed by atoms with Gasteiger partial charge in [0, 0.05) is 74.2 Å². The molecule has 0 saturated carbocycles. The number of aromatic amines is 1. The predicted octanol–water partition coefficient (Wildman–Crippen LogP) is 2.91. The molecule has 1 saturated heterocycles. The van der Waals surface area contributed by atoms with Gasteiger partial charge in [-0.2, -0.15) is 0 Å². The molecule has 0 aliphatic carbocycles. The van der Waals surface area contributed by atoms with Crippen LogP contribution in [-0.4, -0.2) is 39.6 Å². The zero-order valence-electron chi connectivity index (χ0n) is 19.0. The molecule has 34 heavy (non-hydrogen) atoms. The zero-order valence-corrected chi connectivity index (χ0v) is 19.0. The fourth-order valence-electron chi connectivity index (χ4n) is 4.10. The third kappa shape index (κ3) is 3.78. The molecule has 1 aliphatic heterocycles. The number of fused-ring (bicyclic) bond motifs is 1. The number of aliphatic imine (C=N–C) groups is 1. The number of nitrogens with zero attached hydrogens (tertiary/aromatic N) is 3. The molecule has 8 heteroatoms. The minimum absolute atomic E-state index is 0. The first kappa shape index (κ1) is 21.7. The van der Waals surface area contributed by atoms with Crippen molar-refractivity contribution in [2.75, 3.05) is 13.2 Å². The number of benzene rings is 1. The van der Waals surface area contributed by atoms with E-state index < -0.39 is 0 Å². The number of rotatable bonds is 5. The van der Waals surface area contributed by atoms with Crippen molar-refractivity contribution < 1.29 is 6.16 Å². The van der Waals surface area contributed by atoms with Crippen molar-refractivity contribution in [3.05, 3.63) is 87.5 Å². The van der Waals surface area contributed by atoms with Crippen molar-refractivity contribution in [3.63, 3.8) is 0 Å². The minimum Gasteiger partial charge on any atom is -0.404 e. The van der Waals surface area contributed by atoms with Gasteiger partial charge in [-0.15, -0.1) is 0 Å². The number of aromatic nitrogens is 3. The maximum Gasteiger partial charge on any atom is 0.274 e. The van der Waals surface area contributed by atoms with Gasteiger partial charge >= 0.3 is 0 Å². The van der Waals surface area contributed by atoms with E-state index in [1.807, 2.05) is 42.6 Å². The third-order valence-corrected chi connectivity index (χ3v) is 6.10. The molecule has 0 spiro atoms. The zero-order chi connectivity index (χ0) is 23.8. The summed E-state index contributed by atoms with van der Waals surface area (Å²) in [4.78, 5) is 33.4. The topological polar surface area (TPSA) is 107 Å². The number of hydrogen-bond acceptors (Lipinski definition) is 5. The number of aryl methyl sites for hydroxylation is 2. The van der Waals surface area contributed by atoms with Crippen molar-refractivity contribution in [3.8, 4) is 22.3 Å². The van der Waals surface area contributed by atoms with Crippen LogP contribution in [0.5, 0.6) is 0 Å². The van der Waals surface area contributed by atoms with E-state index in [9.17, 15) is 9.59 Å². The van der Waals surface area contributed by atoms with Crippen LogP contribution in [0.15, 0.2) is 75.6 Å². The molecule has 0 amide bonds. The molecule has 1 fully saturated rings. The second-order valence-electron chi connectivity index (χ2n) is 8.44. The second-order valence-corrected chi connectivity index (χ2v) is 8.44. The molecule has 1 aromatic carbocycles. The molecule has 0 bridgehead atoms. The first-order chi connectivity index (χ1) is 16.5. The average Bonchev–Trinajstić information content (AvgIpc) is 3.25. The number of ether oxygens (including phenoxy) is 1. The van der Waals surface area contributed by atoms with E-state index in [1.165, 1.54) is 10.8 Å². The lowest BCUT2D eigenvalue weighted by atomic mass is 9.95. The minimum atomic E-state index is -0.171. The number of pyridine rings is 2. The Balaban J connectivity index is 0.00000289. The van der Waals surface area contributed by atoms with E-state index in [0.29, 0.717) is 35.4 Å². The molecule has 4 heterocycles. The molecule has 4 aromatic rings. The normalized spacial score (nSPS) is 14.7. The Morgan fingerprint density at radius 3 is 2.50 bits per heavy atom. The SMILES string of the molecule is Cn1cc(-c2ccccc2)c(-c2cn(C)c(=O)c3[nH]c(/C(C=NC4COC4)=C/N)cc23)cc1=O.[HH]. The van der Waals surface area contributed by atoms with Crippen LogP contribution in [0.2, 0.25) is 0 Å². The molecule has 5 rings (SSSR count). The van der Waals surface area contributed by atoms with Crippen LogP contribution in [0.3, 0.4) is 0 Å². The van der Waals surface area contributed by atoms with Crippen molar-refractivity contribution in [2.45, 2.75) is 6.04 Å². The van der Waals surface area contributed by atoms with Crippen molar-refractivity contribution in [1.82, 2.24) is 14.1 Å². The fraction of sp³-hybridized carbons (Fsp3) is 0.192. The van der Waals surface area contributed by atoms with Gasteiger partial charge in [0.2, 0.25) is 0 Å². The lowest BCUT2D eigenvalue weighted by Gasteiger charge is -2.21. The van der Waals surface area contributed by atoms with Gasteiger partial charge in [0.15, 0.2) is 0 Å². The highest BCUT2D eigenvalue weighted by atomic mass is 16.5. The molecule has 1 aliphatic rings. The Morgan fingerprint density at radius 2 is 1.82 bits per heavy atom. The largest absolute Gasteiger partial charge is 0.404 e. The van der Waals surface area contributed by atoms with Crippen LogP contribution in [0.1, 0.15) is 7.12 Å². The summed E-state index contributed by atoms with van der Waals surface area (Å²) in [6.07, 6.45) is 6.77. The Kier molecular flexibility index (Phi) is 5.51. The molecule has 0 radical (unpaired) electrons. The van der Waals surface area contributed by atoms with E-state index in [0.717, 1.165) is 22.3 Å². The number of nitrogens with two attached hydrogens (primary N) is 1. The van der Waals surface area contributed by atoms with E-state index in [1.54, 1.807) is 37.1 Å². The van der Waals surface area contributed by atoms with Gasteiger partial charge in [0.05, 0.1) is 19.3 Å². The average molecular weight is 458 g/mol. The standard InChI is InChI=1S/C26H25N5O3.H2/c1-30-12-21(16-6-4-3-5-7-16)19(9-24(30)32)22-13-31(2)26(33)25-20(22)8-23(29-25)17(10-27)11-28-18-14-34-15-18;/h3-13,18,29H,14-15,27H2,1-2H3;1H/b17-10+,28-11?;. The van der Waals surface area contributed by atoms with Crippen molar-refractivity contribution >= 4 is 22.7 Å². The Morgan fingerprint density at radius 1 is 1.09 bits per heavy atom. The first-order valence-electron chi connectivity index (χ1n) is 11.0. The number of hydrogen-bond donors (Lipinski definition) is 2. The molecule has 0 atom stereocenters. The summed E-state index contributed by atoms with van der Waals surface area (Å²) in [6, 6.07) is 13.5. The summed E-state index contributed by atoms with van der Waals surface area (Å²) < 4.78 is 8.25. The smallest absolute Gasteiger partial charge is 0.274 e. The lowest BCUT2D eigenvalue weighted by molar-refractivity contribution is 0.0136. The Hall–Kier alpha value is -4.17. The summed E-state index contributed by atoms with van der Waals surface area (Å²) in [7, 11) is 3.43. The second kappa shape index (κ2) is 8.64. The van der Waals surface area contributed by atoms with Gasteiger partial charge in [0.25, 0.3) is 11.1 Å². The molecular weight excluding hydrogens is 430 g/mol.